The van der Waals surface area contributed by atoms with Gasteiger partial charge in [0.1, 0.15) is 5.82 Å². The zero-order valence-electron chi connectivity index (χ0n) is 28.7. The van der Waals surface area contributed by atoms with Crippen LogP contribution in [0.4, 0.5) is 17.1 Å². The van der Waals surface area contributed by atoms with Gasteiger partial charge in [0.05, 0.1) is 0 Å². The summed E-state index contributed by atoms with van der Waals surface area (Å²) in [6.45, 7) is 9.02. The Labute approximate surface area is 308 Å². The first-order valence-electron chi connectivity index (χ1n) is 17.8. The van der Waals surface area contributed by atoms with Crippen molar-refractivity contribution in [1.29, 1.82) is 0 Å². The SMILES string of the molecule is CC(C)(C)c1ccnc(-n2c3[c-]c(Oc4[c-]c(N5[CH-]N(C67CC8CC(CC(C8)C6)C7)c6cnccc65)ccc4)ccc3c3ccccc32)c1.[Pt]. The van der Waals surface area contributed by atoms with Gasteiger partial charge in [0.15, 0.2) is 0 Å². The Morgan fingerprint density at radius 1 is 0.800 bits per heavy atom. The van der Waals surface area contributed by atoms with Crippen molar-refractivity contribution < 1.29 is 25.8 Å². The minimum Gasteiger partial charge on any atom is -0.509 e. The predicted molar refractivity (Wildman–Crippen MR) is 196 cm³/mol. The first kappa shape index (κ1) is 31.8. The molecule has 3 aromatic carbocycles. The summed E-state index contributed by atoms with van der Waals surface area (Å²) in [7, 11) is 0. The van der Waals surface area contributed by atoms with E-state index in [9.17, 15) is 0 Å². The number of fused-ring (bicyclic) bond motifs is 4. The van der Waals surface area contributed by atoms with Crippen LogP contribution in [0.1, 0.15) is 64.9 Å². The molecule has 0 unspecified atom stereocenters. The standard InChI is InChI=1S/C43H40N5O.Pt/c1-42(2,3)31-13-16-45-41(20-31)48-37-10-5-4-9-35(37)36-12-11-34(22-39(36)48)49-33-8-6-7-32(21-33)46-27-47(40-26-44-15-14-38(40)46)43-23-28-17-29(24-43)19-30(18-28)25-43;/h4-16,20,26-30H,17-19,23-25H2,1-3H3;/q-3;. The van der Waals surface area contributed by atoms with Crippen LogP contribution in [0.25, 0.3) is 27.6 Å². The van der Waals surface area contributed by atoms with Gasteiger partial charge in [-0.25, -0.2) is 4.98 Å². The van der Waals surface area contributed by atoms with Crippen LogP contribution in [0.15, 0.2) is 91.4 Å². The molecule has 4 saturated carbocycles. The molecule has 7 heteroatoms. The monoisotopic (exact) mass is 837 g/mol. The number of nitrogens with zero attached hydrogens (tertiary/aromatic N) is 5. The molecule has 50 heavy (non-hydrogen) atoms. The number of aromatic nitrogens is 3. The van der Waals surface area contributed by atoms with Gasteiger partial charge >= 0.3 is 0 Å². The van der Waals surface area contributed by atoms with Crippen molar-refractivity contribution in [3.8, 4) is 17.3 Å². The van der Waals surface area contributed by atoms with Crippen LogP contribution in [0.5, 0.6) is 11.5 Å². The molecule has 6 aromatic rings. The number of benzene rings is 3. The van der Waals surface area contributed by atoms with E-state index in [0.29, 0.717) is 11.5 Å². The Hall–Kier alpha value is -4.15. The molecule has 0 N–H and O–H groups in total. The average Bonchev–Trinajstić information content (AvgIpc) is 3.64. The van der Waals surface area contributed by atoms with Crippen LogP contribution in [-0.2, 0) is 26.5 Å². The molecule has 11 rings (SSSR count). The molecule has 4 bridgehead atoms. The van der Waals surface area contributed by atoms with Crippen LogP contribution in [0, 0.1) is 36.6 Å². The molecule has 0 amide bonds. The van der Waals surface area contributed by atoms with Crippen molar-refractivity contribution >= 4 is 38.9 Å². The Kier molecular flexibility index (Phi) is 7.44. The molecule has 3 aromatic heterocycles. The smallest absolute Gasteiger partial charge is 0.135 e. The van der Waals surface area contributed by atoms with E-state index >= 15 is 0 Å². The van der Waals surface area contributed by atoms with E-state index in [1.165, 1.54) is 49.8 Å². The third kappa shape index (κ3) is 5.08. The topological polar surface area (TPSA) is 46.4 Å². The molecule has 4 aliphatic carbocycles. The summed E-state index contributed by atoms with van der Waals surface area (Å²) in [4.78, 5) is 14.3. The third-order valence-corrected chi connectivity index (χ3v) is 11.7. The first-order chi connectivity index (χ1) is 23.8. The number of anilines is 3. The van der Waals surface area contributed by atoms with E-state index in [1.54, 1.807) is 0 Å². The zero-order chi connectivity index (χ0) is 32.9. The Morgan fingerprint density at radius 2 is 1.56 bits per heavy atom. The number of pyridine rings is 2. The maximum absolute atomic E-state index is 6.56. The van der Waals surface area contributed by atoms with E-state index in [0.717, 1.165) is 56.8 Å². The Bertz CT molecular complexity index is 2220. The van der Waals surface area contributed by atoms with Gasteiger partial charge in [-0.05, 0) is 96.9 Å². The second-order valence-corrected chi connectivity index (χ2v) is 16.0. The van der Waals surface area contributed by atoms with Gasteiger partial charge in [-0.3, -0.25) is 4.98 Å². The number of hydrogen-bond donors (Lipinski definition) is 0. The maximum Gasteiger partial charge on any atom is 0.135 e. The Morgan fingerprint density at radius 3 is 2.34 bits per heavy atom. The molecule has 1 aliphatic heterocycles. The molecule has 5 aliphatic rings. The number of para-hydroxylation sites is 1. The summed E-state index contributed by atoms with van der Waals surface area (Å²) in [5.41, 5.74) is 6.79. The van der Waals surface area contributed by atoms with Crippen molar-refractivity contribution in [3.63, 3.8) is 0 Å². The van der Waals surface area contributed by atoms with Crippen molar-refractivity contribution in [2.45, 2.75) is 70.3 Å². The fourth-order valence-corrected chi connectivity index (χ4v) is 9.87. The Balaban J connectivity index is 0.00000336. The van der Waals surface area contributed by atoms with E-state index in [-0.39, 0.29) is 32.0 Å². The van der Waals surface area contributed by atoms with Gasteiger partial charge in [-0.1, -0.05) is 44.5 Å². The van der Waals surface area contributed by atoms with Gasteiger partial charge in [0, 0.05) is 73.6 Å². The largest absolute Gasteiger partial charge is 0.509 e. The van der Waals surface area contributed by atoms with Gasteiger partial charge in [0.25, 0.3) is 0 Å². The van der Waals surface area contributed by atoms with Gasteiger partial charge < -0.3 is 19.1 Å². The van der Waals surface area contributed by atoms with Gasteiger partial charge in [-0.2, -0.15) is 18.8 Å². The van der Waals surface area contributed by atoms with Crippen LogP contribution in [0.3, 0.4) is 0 Å². The van der Waals surface area contributed by atoms with Crippen molar-refractivity contribution in [3.05, 3.63) is 116 Å². The molecule has 4 fully saturated rings. The maximum atomic E-state index is 6.56. The summed E-state index contributed by atoms with van der Waals surface area (Å²) in [5.74, 6) is 4.76. The van der Waals surface area contributed by atoms with Gasteiger partial charge in [0.2, 0.25) is 0 Å². The molecule has 0 atom stereocenters. The molecule has 256 valence electrons. The van der Waals surface area contributed by atoms with E-state index in [2.05, 4.69) is 126 Å². The van der Waals surface area contributed by atoms with E-state index in [4.69, 9.17) is 9.72 Å². The number of hydrogen-bond acceptors (Lipinski definition) is 5. The fraction of sp³-hybridized carbons (Fsp3) is 0.326. The van der Waals surface area contributed by atoms with Crippen molar-refractivity contribution in [2.75, 3.05) is 9.80 Å². The average molecular weight is 838 g/mol. The predicted octanol–water partition coefficient (Wildman–Crippen LogP) is 10.3. The fourth-order valence-electron chi connectivity index (χ4n) is 9.87. The second kappa shape index (κ2) is 11.7. The first-order valence-corrected chi connectivity index (χ1v) is 17.8. The minimum absolute atomic E-state index is 0. The summed E-state index contributed by atoms with van der Waals surface area (Å²) < 4.78 is 8.76. The van der Waals surface area contributed by atoms with E-state index in [1.807, 2.05) is 24.5 Å². The van der Waals surface area contributed by atoms with Crippen LogP contribution in [-0.4, -0.2) is 20.1 Å². The third-order valence-electron chi connectivity index (χ3n) is 11.7. The summed E-state index contributed by atoms with van der Waals surface area (Å²) in [6, 6.07) is 32.4. The van der Waals surface area contributed by atoms with Crippen LogP contribution >= 0.6 is 0 Å². The molecule has 0 saturated heterocycles. The minimum atomic E-state index is 0. The molecule has 6 nitrogen and oxygen atoms in total. The number of ether oxygens (including phenoxy) is 1. The summed E-state index contributed by atoms with van der Waals surface area (Å²) in [5, 5.41) is 2.28. The van der Waals surface area contributed by atoms with Crippen LogP contribution < -0.4 is 14.5 Å². The summed E-state index contributed by atoms with van der Waals surface area (Å²) in [6.07, 6.45) is 14.0. The second-order valence-electron chi connectivity index (χ2n) is 16.0. The van der Waals surface area contributed by atoms with E-state index < -0.39 is 0 Å². The quantitative estimate of drug-likeness (QED) is 0.162. The molecule has 0 spiro atoms. The van der Waals surface area contributed by atoms with Crippen molar-refractivity contribution in [2.24, 2.45) is 17.8 Å². The molecular weight excluding hydrogens is 798 g/mol. The van der Waals surface area contributed by atoms with Gasteiger partial charge in [-0.15, -0.1) is 41.4 Å². The zero-order valence-corrected chi connectivity index (χ0v) is 30.9. The molecule has 4 heterocycles. The normalized spacial score (nSPS) is 23.8. The summed E-state index contributed by atoms with van der Waals surface area (Å²) >= 11 is 0. The number of rotatable bonds is 5. The molecular formula is C43H40N5OPt-3. The molecule has 0 radical (unpaired) electrons. The van der Waals surface area contributed by atoms with Crippen LogP contribution in [0.2, 0.25) is 0 Å². The van der Waals surface area contributed by atoms with Crippen molar-refractivity contribution in [1.82, 2.24) is 14.5 Å².